The number of hydrogen-bond acceptors (Lipinski definition) is 10. The minimum atomic E-state index is -0.903. The number of nitrogens with zero attached hydrogens (tertiary/aromatic N) is 2. The van der Waals surface area contributed by atoms with Crippen LogP contribution in [0.1, 0.15) is 97.6 Å². The molecule has 0 aromatic heterocycles. The highest BCUT2D eigenvalue weighted by atomic mass is 19.1. The molecular formula is C45H63F2N5O8. The maximum absolute atomic E-state index is 14.5. The fourth-order valence-electron chi connectivity index (χ4n) is 8.95. The van der Waals surface area contributed by atoms with E-state index < -0.39 is 35.2 Å². The molecule has 0 radical (unpaired) electrons. The maximum atomic E-state index is 14.5. The van der Waals surface area contributed by atoms with E-state index in [1.54, 1.807) is 70.7 Å². The molecule has 0 saturated carbocycles. The zero-order chi connectivity index (χ0) is 43.2. The van der Waals surface area contributed by atoms with E-state index in [1.165, 1.54) is 24.3 Å². The van der Waals surface area contributed by atoms with Crippen LogP contribution < -0.4 is 16.0 Å². The van der Waals surface area contributed by atoms with Gasteiger partial charge in [-0.3, -0.25) is 14.4 Å². The monoisotopic (exact) mass is 839 g/mol. The third-order valence-corrected chi connectivity index (χ3v) is 11.6. The van der Waals surface area contributed by atoms with Gasteiger partial charge >= 0.3 is 12.1 Å². The number of alkyl carbamates (subject to hydrolysis) is 1. The van der Waals surface area contributed by atoms with Crippen LogP contribution in [0, 0.1) is 17.6 Å². The van der Waals surface area contributed by atoms with Crippen molar-refractivity contribution < 1.29 is 46.9 Å². The average Bonchev–Trinajstić information content (AvgIpc) is 3.97. The highest BCUT2D eigenvalue weighted by Crippen LogP contribution is 2.33. The van der Waals surface area contributed by atoms with Gasteiger partial charge in [-0.05, 0) is 103 Å². The van der Waals surface area contributed by atoms with Crippen LogP contribution in [0.3, 0.4) is 0 Å². The van der Waals surface area contributed by atoms with Gasteiger partial charge < -0.3 is 44.7 Å². The van der Waals surface area contributed by atoms with Crippen molar-refractivity contribution >= 4 is 23.9 Å². The number of carbonyl (C=O) groups is 4. The van der Waals surface area contributed by atoms with Crippen LogP contribution in [0.5, 0.6) is 0 Å². The van der Waals surface area contributed by atoms with Crippen molar-refractivity contribution in [2.75, 3.05) is 26.2 Å². The van der Waals surface area contributed by atoms with Gasteiger partial charge in [-0.15, -0.1) is 0 Å². The van der Waals surface area contributed by atoms with Crippen molar-refractivity contribution in [2.24, 2.45) is 5.92 Å². The van der Waals surface area contributed by atoms with E-state index in [0.717, 1.165) is 24.0 Å². The van der Waals surface area contributed by atoms with Gasteiger partial charge in [0.05, 0.1) is 43.9 Å². The molecule has 0 aliphatic carbocycles. The zero-order valence-electron chi connectivity index (χ0n) is 35.8. The van der Waals surface area contributed by atoms with Gasteiger partial charge in [0, 0.05) is 44.2 Å². The Morgan fingerprint density at radius 3 is 1.65 bits per heavy atom. The van der Waals surface area contributed by atoms with Crippen LogP contribution in [0.25, 0.3) is 0 Å². The van der Waals surface area contributed by atoms with E-state index in [-0.39, 0.29) is 85.9 Å². The number of amides is 3. The van der Waals surface area contributed by atoms with E-state index in [4.69, 9.17) is 18.9 Å². The summed E-state index contributed by atoms with van der Waals surface area (Å²) in [6.07, 6.45) is 1.72. The molecule has 4 saturated heterocycles. The van der Waals surface area contributed by atoms with Gasteiger partial charge in [-0.2, -0.15) is 0 Å². The Bertz CT molecular complexity index is 1660. The van der Waals surface area contributed by atoms with Crippen molar-refractivity contribution in [2.45, 2.75) is 153 Å². The van der Waals surface area contributed by atoms with Crippen LogP contribution in [0.2, 0.25) is 0 Å². The highest BCUT2D eigenvalue weighted by molar-refractivity contribution is 5.86. The van der Waals surface area contributed by atoms with E-state index in [9.17, 15) is 28.0 Å². The standard InChI is InChI=1S/C45H63F2N5O8/c1-44(2,3)59-38(53)23-30(41(54)51-21-19-33-39(51)36(24-48-33)57-26-28-11-15-31(46)16-12-28)9-7-8-10-35(50-43(56)60-45(4,5)6)42(55)52-22-20-34-40(52)37(25-49-34)58-27-29-13-17-32(47)18-14-29/h11-18,30,33-37,39-40,48-49H,7-10,19-27H2,1-6H3,(H,50,56)/t30-,33-,34-,35+,36+,37+,39+,40+/m1/s1. The van der Waals surface area contributed by atoms with Gasteiger partial charge in [-0.25, -0.2) is 13.6 Å². The number of carbonyl (C=O) groups excluding carboxylic acids is 4. The fourth-order valence-corrected chi connectivity index (χ4v) is 8.95. The van der Waals surface area contributed by atoms with Gasteiger partial charge in [0.1, 0.15) is 28.9 Å². The van der Waals surface area contributed by atoms with Crippen LogP contribution in [0.4, 0.5) is 13.6 Å². The second-order valence-electron chi connectivity index (χ2n) is 18.6. The molecule has 2 aromatic carbocycles. The summed E-state index contributed by atoms with van der Waals surface area (Å²) in [6.45, 7) is 13.3. The molecule has 0 bridgehead atoms. The smallest absolute Gasteiger partial charge is 0.408 e. The molecule has 4 aliphatic rings. The molecule has 8 atom stereocenters. The van der Waals surface area contributed by atoms with Crippen LogP contribution in [-0.2, 0) is 46.5 Å². The first kappa shape index (κ1) is 45.3. The lowest BCUT2D eigenvalue weighted by Gasteiger charge is -2.33. The third-order valence-electron chi connectivity index (χ3n) is 11.6. The number of benzene rings is 2. The number of esters is 1. The normalized spacial score (nSPS) is 24.8. The van der Waals surface area contributed by atoms with Crippen LogP contribution in [-0.4, -0.2) is 113 Å². The number of fused-ring (bicyclic) bond motifs is 2. The molecule has 6 rings (SSSR count). The molecule has 2 aromatic rings. The lowest BCUT2D eigenvalue weighted by atomic mass is 9.94. The minimum absolute atomic E-state index is 0.0298. The van der Waals surface area contributed by atoms with Crippen molar-refractivity contribution in [1.82, 2.24) is 25.8 Å². The molecule has 4 fully saturated rings. The topological polar surface area (TPSA) is 148 Å². The molecule has 15 heteroatoms. The van der Waals surface area contributed by atoms with Crippen molar-refractivity contribution in [3.05, 3.63) is 71.3 Å². The molecule has 0 spiro atoms. The van der Waals surface area contributed by atoms with Gasteiger partial charge in [0.25, 0.3) is 0 Å². The number of halogens is 2. The average molecular weight is 840 g/mol. The molecule has 4 heterocycles. The quantitative estimate of drug-likeness (QED) is 0.149. The van der Waals surface area contributed by atoms with Gasteiger partial charge in [0.2, 0.25) is 11.8 Å². The number of rotatable bonds is 16. The summed E-state index contributed by atoms with van der Waals surface area (Å²) in [5.41, 5.74) is 0.140. The van der Waals surface area contributed by atoms with E-state index in [2.05, 4.69) is 16.0 Å². The Kier molecular flexibility index (Phi) is 14.9. The molecule has 13 nitrogen and oxygen atoms in total. The van der Waals surface area contributed by atoms with E-state index in [1.807, 2.05) is 4.90 Å². The molecule has 3 N–H and O–H groups in total. The SMILES string of the molecule is CC(C)(C)OC(=O)C[C@@H](CCCC[C@H](NC(=O)OC(C)(C)C)C(=O)N1CC[C@H]2NC[C@H](OCc3ccc(F)cc3)[C@H]21)C(=O)N1CC[C@H]2NC[C@H](OCc3ccc(F)cc3)[C@H]21. The van der Waals surface area contributed by atoms with Gasteiger partial charge in [-0.1, -0.05) is 37.1 Å². The van der Waals surface area contributed by atoms with Crippen LogP contribution >= 0.6 is 0 Å². The molecule has 0 unspecified atom stereocenters. The zero-order valence-corrected chi connectivity index (χ0v) is 35.8. The summed E-state index contributed by atoms with van der Waals surface area (Å²) in [4.78, 5) is 58.9. The molecular weight excluding hydrogens is 777 g/mol. The Hall–Kier alpha value is -4.18. The number of nitrogens with one attached hydrogen (secondary N) is 3. The summed E-state index contributed by atoms with van der Waals surface area (Å²) in [7, 11) is 0. The molecule has 3 amide bonds. The summed E-state index contributed by atoms with van der Waals surface area (Å²) >= 11 is 0. The Morgan fingerprint density at radius 1 is 0.700 bits per heavy atom. The largest absolute Gasteiger partial charge is 0.460 e. The Labute approximate surface area is 352 Å². The van der Waals surface area contributed by atoms with Crippen LogP contribution in [0.15, 0.2) is 48.5 Å². The second kappa shape index (κ2) is 19.7. The second-order valence-corrected chi connectivity index (χ2v) is 18.6. The summed E-state index contributed by atoms with van der Waals surface area (Å²) in [5, 5.41) is 9.82. The first-order chi connectivity index (χ1) is 28.4. The number of unbranched alkanes of at least 4 members (excludes halogenated alkanes) is 1. The number of hydrogen-bond donors (Lipinski definition) is 3. The number of likely N-dealkylation sites (tertiary alicyclic amines) is 2. The molecule has 4 aliphatic heterocycles. The van der Waals surface area contributed by atoms with Crippen molar-refractivity contribution in [3.8, 4) is 0 Å². The van der Waals surface area contributed by atoms with Crippen molar-refractivity contribution in [1.29, 1.82) is 0 Å². The number of ether oxygens (including phenoxy) is 4. The molecule has 330 valence electrons. The first-order valence-electron chi connectivity index (χ1n) is 21.5. The third kappa shape index (κ3) is 12.2. The van der Waals surface area contributed by atoms with Crippen molar-refractivity contribution in [3.63, 3.8) is 0 Å². The lowest BCUT2D eigenvalue weighted by Crippen LogP contribution is -2.54. The first-order valence-corrected chi connectivity index (χ1v) is 21.5. The summed E-state index contributed by atoms with van der Waals surface area (Å²) in [6, 6.07) is 11.0. The summed E-state index contributed by atoms with van der Waals surface area (Å²) in [5.74, 6) is -2.17. The van der Waals surface area contributed by atoms with Gasteiger partial charge in [0.15, 0.2) is 0 Å². The maximum Gasteiger partial charge on any atom is 0.408 e. The Balaban J connectivity index is 1.11. The predicted octanol–water partition coefficient (Wildman–Crippen LogP) is 5.38. The predicted molar refractivity (Wildman–Crippen MR) is 219 cm³/mol. The minimum Gasteiger partial charge on any atom is -0.460 e. The highest BCUT2D eigenvalue weighted by Gasteiger charge is 2.49. The Morgan fingerprint density at radius 2 is 1.17 bits per heavy atom. The molecule has 60 heavy (non-hydrogen) atoms. The lowest BCUT2D eigenvalue weighted by molar-refractivity contribution is -0.159. The summed E-state index contributed by atoms with van der Waals surface area (Å²) < 4.78 is 50.8. The fraction of sp³-hybridized carbons (Fsp3) is 0.644. The van der Waals surface area contributed by atoms with E-state index in [0.29, 0.717) is 45.4 Å². The van der Waals surface area contributed by atoms with E-state index >= 15 is 0 Å².